The number of rotatable bonds is 3. The summed E-state index contributed by atoms with van der Waals surface area (Å²) in [6, 6.07) is 8.91. The Morgan fingerprint density at radius 2 is 2.00 bits per heavy atom. The van der Waals surface area contributed by atoms with Crippen molar-refractivity contribution in [1.29, 1.82) is 0 Å². The van der Waals surface area contributed by atoms with Crippen LogP contribution in [-0.4, -0.2) is 31.1 Å². The maximum absolute atomic E-state index is 14.4. The van der Waals surface area contributed by atoms with Crippen LogP contribution >= 0.6 is 38.9 Å². The minimum atomic E-state index is -0.183. The van der Waals surface area contributed by atoms with Crippen LogP contribution in [0.2, 0.25) is 4.34 Å². The van der Waals surface area contributed by atoms with Crippen molar-refractivity contribution in [2.75, 3.05) is 26.2 Å². The van der Waals surface area contributed by atoms with E-state index in [4.69, 9.17) is 11.6 Å². The molecule has 3 rings (SSSR count). The fourth-order valence-corrected chi connectivity index (χ4v) is 4.46. The van der Waals surface area contributed by atoms with Crippen LogP contribution in [0.25, 0.3) is 0 Å². The molecule has 0 saturated carbocycles. The lowest BCUT2D eigenvalue weighted by Crippen LogP contribution is -2.45. The number of thiophene rings is 1. The summed E-state index contributed by atoms with van der Waals surface area (Å²) in [7, 11) is 0. The Labute approximate surface area is 141 Å². The Morgan fingerprint density at radius 1 is 1.24 bits per heavy atom. The second-order valence-electron chi connectivity index (χ2n) is 4.97. The van der Waals surface area contributed by atoms with Crippen LogP contribution in [0.3, 0.4) is 0 Å². The van der Waals surface area contributed by atoms with E-state index in [2.05, 4.69) is 26.1 Å². The zero-order valence-electron chi connectivity index (χ0n) is 11.3. The molecule has 2 aromatic rings. The van der Waals surface area contributed by atoms with Gasteiger partial charge in [0.25, 0.3) is 0 Å². The van der Waals surface area contributed by atoms with E-state index in [1.807, 2.05) is 18.2 Å². The van der Waals surface area contributed by atoms with E-state index >= 15 is 0 Å². The van der Waals surface area contributed by atoms with Gasteiger partial charge in [-0.25, -0.2) is 4.39 Å². The number of halogens is 3. The standard InChI is InChI=1S/C15H15BrClFN2S/c16-10-2-1-3-11(18)14(10)15(12-4-5-13(17)21-12)20-8-6-19-7-9-20/h1-5,15,19H,6-9H2/t15-/m1/s1. The third-order valence-corrected chi connectivity index (χ3v) is 5.63. The smallest absolute Gasteiger partial charge is 0.129 e. The van der Waals surface area contributed by atoms with Crippen molar-refractivity contribution in [2.24, 2.45) is 0 Å². The quantitative estimate of drug-likeness (QED) is 0.842. The van der Waals surface area contributed by atoms with Crippen LogP contribution in [0.1, 0.15) is 16.5 Å². The first kappa shape index (κ1) is 15.4. The molecule has 2 nitrogen and oxygen atoms in total. The third kappa shape index (κ3) is 3.32. The molecule has 1 aromatic carbocycles. The van der Waals surface area contributed by atoms with Crippen molar-refractivity contribution in [3.05, 3.63) is 55.4 Å². The summed E-state index contributed by atoms with van der Waals surface area (Å²) < 4.78 is 16.0. The SMILES string of the molecule is Fc1cccc(Br)c1[C@@H](c1ccc(Cl)s1)N1CCNCC1. The molecule has 21 heavy (non-hydrogen) atoms. The van der Waals surface area contributed by atoms with E-state index < -0.39 is 0 Å². The molecule has 0 unspecified atom stereocenters. The van der Waals surface area contributed by atoms with Crippen LogP contribution in [0, 0.1) is 5.82 Å². The van der Waals surface area contributed by atoms with Gasteiger partial charge in [-0.05, 0) is 24.3 Å². The van der Waals surface area contributed by atoms with Crippen molar-refractivity contribution in [3.63, 3.8) is 0 Å². The zero-order chi connectivity index (χ0) is 14.8. The molecule has 0 radical (unpaired) electrons. The molecule has 1 N–H and O–H groups in total. The van der Waals surface area contributed by atoms with Crippen molar-refractivity contribution in [1.82, 2.24) is 10.2 Å². The van der Waals surface area contributed by atoms with Crippen LogP contribution < -0.4 is 5.32 Å². The van der Waals surface area contributed by atoms with E-state index in [-0.39, 0.29) is 11.9 Å². The Morgan fingerprint density at radius 3 is 2.62 bits per heavy atom. The first-order valence-corrected chi connectivity index (χ1v) is 8.79. The van der Waals surface area contributed by atoms with Gasteiger partial charge < -0.3 is 5.32 Å². The Kier molecular flexibility index (Phi) is 4.96. The van der Waals surface area contributed by atoms with Gasteiger partial charge in [-0.1, -0.05) is 33.6 Å². The first-order chi connectivity index (χ1) is 10.2. The summed E-state index contributed by atoms with van der Waals surface area (Å²) in [4.78, 5) is 3.38. The van der Waals surface area contributed by atoms with Crippen molar-refractivity contribution >= 4 is 38.9 Å². The molecule has 1 aliphatic rings. The fraction of sp³-hybridized carbons (Fsp3) is 0.333. The number of hydrogen-bond acceptors (Lipinski definition) is 3. The van der Waals surface area contributed by atoms with Crippen LogP contribution in [0.5, 0.6) is 0 Å². The van der Waals surface area contributed by atoms with Gasteiger partial charge in [0.05, 0.1) is 10.4 Å². The lowest BCUT2D eigenvalue weighted by molar-refractivity contribution is 0.197. The van der Waals surface area contributed by atoms with E-state index in [1.165, 1.54) is 17.4 Å². The van der Waals surface area contributed by atoms with Crippen molar-refractivity contribution in [3.8, 4) is 0 Å². The van der Waals surface area contributed by atoms with E-state index in [0.29, 0.717) is 5.56 Å². The molecule has 2 heterocycles. The Hall–Kier alpha value is -0.460. The first-order valence-electron chi connectivity index (χ1n) is 6.81. The largest absolute Gasteiger partial charge is 0.314 e. The Balaban J connectivity index is 2.07. The van der Waals surface area contributed by atoms with Gasteiger partial charge in [0.1, 0.15) is 5.82 Å². The molecule has 0 spiro atoms. The number of benzene rings is 1. The monoisotopic (exact) mass is 388 g/mol. The van der Waals surface area contributed by atoms with Crippen LogP contribution in [0.4, 0.5) is 4.39 Å². The van der Waals surface area contributed by atoms with Gasteiger partial charge in [0, 0.05) is 41.1 Å². The molecule has 1 aromatic heterocycles. The van der Waals surface area contributed by atoms with Gasteiger partial charge >= 0.3 is 0 Å². The average Bonchev–Trinajstić information content (AvgIpc) is 2.90. The second kappa shape index (κ2) is 6.75. The number of nitrogens with one attached hydrogen (secondary N) is 1. The van der Waals surface area contributed by atoms with Crippen LogP contribution in [0.15, 0.2) is 34.8 Å². The molecule has 1 fully saturated rings. The van der Waals surface area contributed by atoms with Crippen molar-refractivity contribution < 1.29 is 4.39 Å². The molecular formula is C15H15BrClFN2S. The summed E-state index contributed by atoms with van der Waals surface area (Å²) in [5, 5.41) is 3.34. The predicted molar refractivity (Wildman–Crippen MR) is 89.7 cm³/mol. The molecule has 1 saturated heterocycles. The third-order valence-electron chi connectivity index (χ3n) is 3.65. The molecule has 1 aliphatic heterocycles. The molecule has 0 amide bonds. The Bertz CT molecular complexity index is 608. The predicted octanol–water partition coefficient (Wildman–Crippen LogP) is 4.30. The van der Waals surface area contributed by atoms with E-state index in [9.17, 15) is 4.39 Å². The molecule has 6 heteroatoms. The van der Waals surface area contributed by atoms with Crippen molar-refractivity contribution in [2.45, 2.75) is 6.04 Å². The fourth-order valence-electron chi connectivity index (χ4n) is 2.69. The molecule has 1 atom stereocenters. The number of hydrogen-bond donors (Lipinski definition) is 1. The summed E-state index contributed by atoms with van der Waals surface area (Å²) in [6.07, 6.45) is 0. The summed E-state index contributed by atoms with van der Waals surface area (Å²) >= 11 is 11.1. The summed E-state index contributed by atoms with van der Waals surface area (Å²) in [6.45, 7) is 3.62. The molecule has 0 bridgehead atoms. The number of piperazine rings is 1. The highest BCUT2D eigenvalue weighted by atomic mass is 79.9. The van der Waals surface area contributed by atoms with E-state index in [1.54, 1.807) is 6.07 Å². The molecule has 112 valence electrons. The minimum Gasteiger partial charge on any atom is -0.314 e. The zero-order valence-corrected chi connectivity index (χ0v) is 14.4. The van der Waals surface area contributed by atoms with Gasteiger partial charge in [0.15, 0.2) is 0 Å². The lowest BCUT2D eigenvalue weighted by Gasteiger charge is -2.35. The minimum absolute atomic E-state index is 0.0971. The van der Waals surface area contributed by atoms with Gasteiger partial charge in [-0.15, -0.1) is 11.3 Å². The molecular weight excluding hydrogens is 375 g/mol. The summed E-state index contributed by atoms with van der Waals surface area (Å²) in [5.74, 6) is -0.183. The topological polar surface area (TPSA) is 15.3 Å². The maximum Gasteiger partial charge on any atom is 0.129 e. The second-order valence-corrected chi connectivity index (χ2v) is 7.57. The molecule has 0 aliphatic carbocycles. The van der Waals surface area contributed by atoms with Gasteiger partial charge in [0.2, 0.25) is 0 Å². The van der Waals surface area contributed by atoms with Gasteiger partial charge in [-0.3, -0.25) is 4.90 Å². The summed E-state index contributed by atoms with van der Waals surface area (Å²) in [5.41, 5.74) is 0.693. The normalized spacial score (nSPS) is 17.9. The highest BCUT2D eigenvalue weighted by Crippen LogP contribution is 2.39. The van der Waals surface area contributed by atoms with Crippen LogP contribution in [-0.2, 0) is 0 Å². The maximum atomic E-state index is 14.4. The van der Waals surface area contributed by atoms with E-state index in [0.717, 1.165) is 39.9 Å². The number of nitrogens with zero attached hydrogens (tertiary/aromatic N) is 1. The highest BCUT2D eigenvalue weighted by molar-refractivity contribution is 9.10. The lowest BCUT2D eigenvalue weighted by atomic mass is 10.0. The van der Waals surface area contributed by atoms with Gasteiger partial charge in [-0.2, -0.15) is 0 Å². The average molecular weight is 390 g/mol. The highest BCUT2D eigenvalue weighted by Gasteiger charge is 2.29.